The van der Waals surface area contributed by atoms with Crippen LogP contribution in [0.15, 0.2) is 54.1 Å². The van der Waals surface area contributed by atoms with Gasteiger partial charge in [-0.15, -0.1) is 0 Å². The number of hydrogen-bond donors (Lipinski definition) is 0. The summed E-state index contributed by atoms with van der Waals surface area (Å²) in [6.45, 7) is 0. The first-order chi connectivity index (χ1) is 5.45. The highest BCUT2D eigenvalue weighted by Gasteiger charge is 1.98. The smallest absolute Gasteiger partial charge is 0.00258 e. The molecule has 11 heavy (non-hydrogen) atoms. The average molecular weight is 142 g/mol. The number of benzene rings is 1. The molecule has 0 amide bonds. The van der Waals surface area contributed by atoms with E-state index < -0.39 is 0 Å². The van der Waals surface area contributed by atoms with Crippen LogP contribution < -0.4 is 0 Å². The van der Waals surface area contributed by atoms with Crippen molar-refractivity contribution < 1.29 is 0 Å². The van der Waals surface area contributed by atoms with Crippen molar-refractivity contribution in [3.63, 3.8) is 0 Å². The number of allylic oxidation sites excluding steroid dienone is 4. The van der Waals surface area contributed by atoms with Gasteiger partial charge in [0.25, 0.3) is 0 Å². The monoisotopic (exact) mass is 142 g/mol. The maximum absolute atomic E-state index is 2.16. The minimum atomic E-state index is 1.08. The molecular weight excluding hydrogens is 132 g/mol. The molecule has 1 aliphatic carbocycles. The quantitative estimate of drug-likeness (QED) is 0.595. The summed E-state index contributed by atoms with van der Waals surface area (Å²) in [7, 11) is 0. The molecule has 0 spiro atoms. The summed E-state index contributed by atoms with van der Waals surface area (Å²) < 4.78 is 0. The largest absolute Gasteiger partial charge is 0.0622 e. The van der Waals surface area contributed by atoms with Crippen molar-refractivity contribution in [1.82, 2.24) is 0 Å². The molecule has 0 saturated heterocycles. The lowest BCUT2D eigenvalue weighted by Crippen LogP contribution is -1.90. The third-order valence-corrected chi connectivity index (χ3v) is 1.87. The average Bonchev–Trinajstić information content (AvgIpc) is 1.99. The molecule has 0 saturated carbocycles. The zero-order valence-electron chi connectivity index (χ0n) is 6.33. The third-order valence-electron chi connectivity index (χ3n) is 1.87. The van der Waals surface area contributed by atoms with Crippen LogP contribution >= 0.6 is 0 Å². The van der Waals surface area contributed by atoms with Crippen molar-refractivity contribution in [2.75, 3.05) is 0 Å². The lowest BCUT2D eigenvalue weighted by Gasteiger charge is -2.06. The first-order valence-electron chi connectivity index (χ1n) is 3.86. The van der Waals surface area contributed by atoms with E-state index in [4.69, 9.17) is 0 Å². The molecular formula is C11H10. The van der Waals surface area contributed by atoms with E-state index in [0.29, 0.717) is 0 Å². The topological polar surface area (TPSA) is 0 Å². The van der Waals surface area contributed by atoms with Gasteiger partial charge in [-0.2, -0.15) is 0 Å². The molecule has 1 aliphatic rings. The Morgan fingerprint density at radius 1 is 1.00 bits per heavy atom. The zero-order valence-corrected chi connectivity index (χ0v) is 6.33. The van der Waals surface area contributed by atoms with Gasteiger partial charge in [-0.05, 0) is 17.6 Å². The highest BCUT2D eigenvalue weighted by molar-refractivity contribution is 5.39. The fourth-order valence-electron chi connectivity index (χ4n) is 1.18. The molecule has 1 aromatic rings. The molecule has 0 fully saturated rings. The van der Waals surface area contributed by atoms with Gasteiger partial charge in [-0.25, -0.2) is 0 Å². The van der Waals surface area contributed by atoms with E-state index in [1.165, 1.54) is 11.1 Å². The van der Waals surface area contributed by atoms with Crippen molar-refractivity contribution in [3.05, 3.63) is 59.7 Å². The predicted molar refractivity (Wildman–Crippen MR) is 47.4 cm³/mol. The van der Waals surface area contributed by atoms with Crippen LogP contribution in [0.5, 0.6) is 0 Å². The second-order valence-electron chi connectivity index (χ2n) is 2.76. The van der Waals surface area contributed by atoms with Crippen LogP contribution in [0, 0.1) is 0 Å². The Morgan fingerprint density at radius 3 is 2.27 bits per heavy atom. The summed E-state index contributed by atoms with van der Waals surface area (Å²) in [5.41, 5.74) is 2.82. The highest BCUT2D eigenvalue weighted by atomic mass is 14.0. The number of rotatable bonds is 2. The molecule has 0 radical (unpaired) electrons. The van der Waals surface area contributed by atoms with Crippen molar-refractivity contribution in [2.24, 2.45) is 0 Å². The Hall–Kier alpha value is -1.30. The molecule has 0 aromatic heterocycles. The van der Waals surface area contributed by atoms with E-state index in [-0.39, 0.29) is 0 Å². The van der Waals surface area contributed by atoms with Gasteiger partial charge in [0.15, 0.2) is 0 Å². The maximum atomic E-state index is 2.16. The van der Waals surface area contributed by atoms with Gasteiger partial charge in [0, 0.05) is 0 Å². The highest BCUT2D eigenvalue weighted by Crippen LogP contribution is 2.14. The molecule has 1 aromatic carbocycles. The zero-order chi connectivity index (χ0) is 7.52. The van der Waals surface area contributed by atoms with Gasteiger partial charge < -0.3 is 0 Å². The normalized spacial score (nSPS) is 14.0. The summed E-state index contributed by atoms with van der Waals surface area (Å²) in [5, 5.41) is 0. The summed E-state index contributed by atoms with van der Waals surface area (Å²) in [4.78, 5) is 0. The molecule has 54 valence electrons. The van der Waals surface area contributed by atoms with Crippen molar-refractivity contribution >= 4 is 0 Å². The molecule has 0 atom stereocenters. The van der Waals surface area contributed by atoms with Gasteiger partial charge in [0.2, 0.25) is 0 Å². The van der Waals surface area contributed by atoms with Gasteiger partial charge in [-0.3, -0.25) is 0 Å². The molecule has 0 aliphatic heterocycles. The van der Waals surface area contributed by atoms with E-state index >= 15 is 0 Å². The van der Waals surface area contributed by atoms with Crippen LogP contribution in [0.25, 0.3) is 0 Å². The second kappa shape index (κ2) is 2.75. The Morgan fingerprint density at radius 2 is 1.73 bits per heavy atom. The molecule has 0 unspecified atom stereocenters. The van der Waals surface area contributed by atoms with Crippen LogP contribution in [0.1, 0.15) is 5.56 Å². The van der Waals surface area contributed by atoms with Crippen LogP contribution in [-0.4, -0.2) is 0 Å². The summed E-state index contributed by atoms with van der Waals surface area (Å²) in [6.07, 6.45) is 7.48. The fourth-order valence-corrected chi connectivity index (χ4v) is 1.18. The Balaban J connectivity index is 2.07. The van der Waals surface area contributed by atoms with Crippen LogP contribution in [0.2, 0.25) is 0 Å². The van der Waals surface area contributed by atoms with Gasteiger partial charge in [0.05, 0.1) is 0 Å². The summed E-state index contributed by atoms with van der Waals surface area (Å²) in [5.74, 6) is 0. The maximum Gasteiger partial charge on any atom is -0.00258 e. The summed E-state index contributed by atoms with van der Waals surface area (Å²) >= 11 is 0. The molecule has 0 heterocycles. The third kappa shape index (κ3) is 1.40. The SMILES string of the molecule is C1=CC(Cc2ccccc2)=C1. The first-order valence-corrected chi connectivity index (χ1v) is 3.86. The lowest BCUT2D eigenvalue weighted by molar-refractivity contribution is 1.18. The fraction of sp³-hybridized carbons (Fsp3) is 0.0909. The molecule has 2 rings (SSSR count). The van der Waals surface area contributed by atoms with E-state index in [1.54, 1.807) is 0 Å². The summed E-state index contributed by atoms with van der Waals surface area (Å²) in [6, 6.07) is 10.5. The standard InChI is InChI=1S/C11H10/c1-2-5-10(6-3-1)9-11-7-4-8-11/h1-8H,9H2. The Kier molecular flexibility index (Phi) is 1.60. The van der Waals surface area contributed by atoms with Gasteiger partial charge in [0.1, 0.15) is 0 Å². The van der Waals surface area contributed by atoms with Crippen molar-refractivity contribution in [2.45, 2.75) is 6.42 Å². The minimum absolute atomic E-state index is 1.08. The molecule has 0 nitrogen and oxygen atoms in total. The van der Waals surface area contributed by atoms with Crippen LogP contribution in [0.3, 0.4) is 0 Å². The minimum Gasteiger partial charge on any atom is -0.0622 e. The van der Waals surface area contributed by atoms with E-state index in [9.17, 15) is 0 Å². The lowest BCUT2D eigenvalue weighted by atomic mass is 10.00. The van der Waals surface area contributed by atoms with Crippen LogP contribution in [-0.2, 0) is 6.42 Å². The van der Waals surface area contributed by atoms with Crippen molar-refractivity contribution in [1.29, 1.82) is 0 Å². The van der Waals surface area contributed by atoms with Gasteiger partial charge >= 0.3 is 0 Å². The van der Waals surface area contributed by atoms with Crippen LogP contribution in [0.4, 0.5) is 0 Å². The van der Waals surface area contributed by atoms with Crippen molar-refractivity contribution in [3.8, 4) is 0 Å². The predicted octanol–water partition coefficient (Wildman–Crippen LogP) is 2.73. The number of hydrogen-bond acceptors (Lipinski definition) is 0. The molecule has 0 N–H and O–H groups in total. The first kappa shape index (κ1) is 6.41. The molecule has 0 heteroatoms. The van der Waals surface area contributed by atoms with E-state index in [0.717, 1.165) is 6.42 Å². The van der Waals surface area contributed by atoms with E-state index in [2.05, 4.69) is 48.6 Å². The van der Waals surface area contributed by atoms with E-state index in [1.807, 2.05) is 0 Å². The second-order valence-corrected chi connectivity index (χ2v) is 2.76. The van der Waals surface area contributed by atoms with Gasteiger partial charge in [-0.1, -0.05) is 48.6 Å². The molecule has 0 bridgehead atoms. The Bertz CT molecular complexity index is 291. The Labute approximate surface area is 66.9 Å².